The van der Waals surface area contributed by atoms with Gasteiger partial charge in [-0.2, -0.15) is 5.10 Å². The second-order valence-electron chi connectivity index (χ2n) is 7.51. The largest absolute Gasteiger partial charge is 0.312 e. The number of nitrogens with zero attached hydrogens (tertiary/aromatic N) is 5. The van der Waals surface area contributed by atoms with E-state index in [0.29, 0.717) is 12.5 Å². The average molecular weight is 355 g/mol. The summed E-state index contributed by atoms with van der Waals surface area (Å²) in [6.45, 7) is 3.38. The molecule has 0 atom stereocenters. The van der Waals surface area contributed by atoms with Crippen molar-refractivity contribution in [1.82, 2.24) is 24.2 Å². The Kier molecular flexibility index (Phi) is 4.72. The van der Waals surface area contributed by atoms with Crippen LogP contribution in [0.4, 0.5) is 0 Å². The Morgan fingerprint density at radius 2 is 1.92 bits per heavy atom. The van der Waals surface area contributed by atoms with Gasteiger partial charge in [-0.25, -0.2) is 4.68 Å². The molecule has 0 unspecified atom stereocenters. The predicted molar refractivity (Wildman–Crippen MR) is 98.0 cm³/mol. The Labute approximate surface area is 152 Å². The molecule has 2 aliphatic rings. The molecule has 0 spiro atoms. The third kappa shape index (κ3) is 3.49. The topological polar surface area (TPSA) is 73.0 Å². The van der Waals surface area contributed by atoms with E-state index in [1.165, 1.54) is 6.20 Å². The Bertz CT molecular complexity index is 909. The van der Waals surface area contributed by atoms with Crippen LogP contribution in [0.1, 0.15) is 36.2 Å². The zero-order valence-electron chi connectivity index (χ0n) is 15.2. The zero-order chi connectivity index (χ0) is 18.1. The molecule has 0 radical (unpaired) electrons. The van der Waals surface area contributed by atoms with Crippen molar-refractivity contribution in [3.05, 3.63) is 56.1 Å². The van der Waals surface area contributed by atoms with E-state index in [0.717, 1.165) is 68.7 Å². The van der Waals surface area contributed by atoms with Gasteiger partial charge in [-0.3, -0.25) is 19.5 Å². The summed E-state index contributed by atoms with van der Waals surface area (Å²) >= 11 is 0. The van der Waals surface area contributed by atoms with Crippen LogP contribution < -0.4 is 11.1 Å². The number of hydrogen-bond acceptors (Lipinski definition) is 5. The maximum Gasteiger partial charge on any atom is 0.268 e. The fourth-order valence-electron chi connectivity index (χ4n) is 4.02. The lowest BCUT2D eigenvalue weighted by Crippen LogP contribution is -2.37. The first kappa shape index (κ1) is 17.1. The lowest BCUT2D eigenvalue weighted by Gasteiger charge is -2.32. The monoisotopic (exact) mass is 355 g/mol. The van der Waals surface area contributed by atoms with E-state index in [1.807, 2.05) is 0 Å². The minimum Gasteiger partial charge on any atom is -0.312 e. The van der Waals surface area contributed by atoms with Crippen LogP contribution in [0.5, 0.6) is 0 Å². The standard InChI is InChI=1S/C19H25N5O2/c1-22-16(10-20-11-19(22)26)13-23-7-5-14(6-8-23)12-24-18(25)9-15-3-2-4-17(15)21-24/h9-11,14H,2-8,12-13H2,1H3. The summed E-state index contributed by atoms with van der Waals surface area (Å²) in [7, 11) is 1.79. The summed E-state index contributed by atoms with van der Waals surface area (Å²) < 4.78 is 3.34. The maximum absolute atomic E-state index is 12.3. The molecule has 1 aliphatic carbocycles. The molecule has 0 bridgehead atoms. The minimum absolute atomic E-state index is 0.0402. The number of rotatable bonds is 4. The van der Waals surface area contributed by atoms with Crippen LogP contribution in [0.3, 0.4) is 0 Å². The molecule has 2 aromatic heterocycles. The quantitative estimate of drug-likeness (QED) is 0.809. The number of piperidine rings is 1. The van der Waals surface area contributed by atoms with Gasteiger partial charge < -0.3 is 4.57 Å². The van der Waals surface area contributed by atoms with Crippen LogP contribution in [0.15, 0.2) is 28.0 Å². The van der Waals surface area contributed by atoms with Gasteiger partial charge in [0.15, 0.2) is 0 Å². The van der Waals surface area contributed by atoms with Crippen molar-refractivity contribution >= 4 is 0 Å². The van der Waals surface area contributed by atoms with E-state index < -0.39 is 0 Å². The summed E-state index contributed by atoms with van der Waals surface area (Å²) in [6, 6.07) is 1.79. The molecule has 26 heavy (non-hydrogen) atoms. The van der Waals surface area contributed by atoms with Crippen molar-refractivity contribution in [2.45, 2.75) is 45.2 Å². The van der Waals surface area contributed by atoms with Crippen molar-refractivity contribution in [1.29, 1.82) is 0 Å². The van der Waals surface area contributed by atoms with Gasteiger partial charge >= 0.3 is 0 Å². The molecule has 7 heteroatoms. The van der Waals surface area contributed by atoms with Crippen molar-refractivity contribution < 1.29 is 0 Å². The van der Waals surface area contributed by atoms with Crippen LogP contribution in [0.25, 0.3) is 0 Å². The lowest BCUT2D eigenvalue weighted by atomic mass is 9.96. The molecular formula is C19H25N5O2. The van der Waals surface area contributed by atoms with Gasteiger partial charge in [0.1, 0.15) is 0 Å². The third-order valence-electron chi connectivity index (χ3n) is 5.72. The molecule has 2 aromatic rings. The highest BCUT2D eigenvalue weighted by Gasteiger charge is 2.22. The average Bonchev–Trinajstić information content (AvgIpc) is 3.08. The van der Waals surface area contributed by atoms with Crippen LogP contribution in [-0.2, 0) is 33.0 Å². The Morgan fingerprint density at radius 1 is 1.12 bits per heavy atom. The SMILES string of the molecule is Cn1c(CN2CCC(Cn3nc4c(cc3=O)CCC4)CC2)cncc1=O. The normalized spacial score (nSPS) is 18.2. The highest BCUT2D eigenvalue weighted by molar-refractivity contribution is 5.22. The lowest BCUT2D eigenvalue weighted by molar-refractivity contribution is 0.160. The summed E-state index contributed by atoms with van der Waals surface area (Å²) in [4.78, 5) is 30.3. The fourth-order valence-corrected chi connectivity index (χ4v) is 4.02. The number of aromatic nitrogens is 4. The molecule has 138 valence electrons. The van der Waals surface area contributed by atoms with Gasteiger partial charge in [0, 0.05) is 32.4 Å². The van der Waals surface area contributed by atoms with Crippen molar-refractivity contribution in [2.24, 2.45) is 13.0 Å². The van der Waals surface area contributed by atoms with Crippen molar-refractivity contribution in [3.8, 4) is 0 Å². The maximum atomic E-state index is 12.3. The number of fused-ring (bicyclic) bond motifs is 1. The van der Waals surface area contributed by atoms with Crippen LogP contribution in [0, 0.1) is 5.92 Å². The van der Waals surface area contributed by atoms with Crippen molar-refractivity contribution in [3.63, 3.8) is 0 Å². The first-order valence-corrected chi connectivity index (χ1v) is 9.42. The summed E-state index contributed by atoms with van der Waals surface area (Å²) in [5.74, 6) is 0.480. The Hall–Kier alpha value is -2.28. The molecule has 4 rings (SSSR count). The smallest absolute Gasteiger partial charge is 0.268 e. The second-order valence-corrected chi connectivity index (χ2v) is 7.51. The molecule has 3 heterocycles. The number of aryl methyl sites for hydroxylation is 2. The van der Waals surface area contributed by atoms with Crippen LogP contribution in [-0.4, -0.2) is 37.3 Å². The summed E-state index contributed by atoms with van der Waals surface area (Å²) in [5, 5.41) is 4.60. The molecule has 1 aliphatic heterocycles. The van der Waals surface area contributed by atoms with Gasteiger partial charge in [-0.05, 0) is 56.7 Å². The highest BCUT2D eigenvalue weighted by atomic mass is 16.1. The van der Waals surface area contributed by atoms with E-state index in [4.69, 9.17) is 0 Å². The second kappa shape index (κ2) is 7.15. The third-order valence-corrected chi connectivity index (χ3v) is 5.72. The van der Waals surface area contributed by atoms with Gasteiger partial charge in [-0.15, -0.1) is 0 Å². The van der Waals surface area contributed by atoms with E-state index in [-0.39, 0.29) is 11.1 Å². The summed E-state index contributed by atoms with van der Waals surface area (Å²) in [6.07, 6.45) is 8.30. The molecule has 0 N–H and O–H groups in total. The zero-order valence-corrected chi connectivity index (χ0v) is 15.2. The Balaban J connectivity index is 1.36. The van der Waals surface area contributed by atoms with E-state index >= 15 is 0 Å². The first-order valence-electron chi connectivity index (χ1n) is 9.42. The van der Waals surface area contributed by atoms with Crippen LogP contribution in [0.2, 0.25) is 0 Å². The van der Waals surface area contributed by atoms with E-state index in [2.05, 4.69) is 15.0 Å². The van der Waals surface area contributed by atoms with E-state index in [1.54, 1.807) is 28.6 Å². The van der Waals surface area contributed by atoms with Gasteiger partial charge in [0.2, 0.25) is 0 Å². The van der Waals surface area contributed by atoms with E-state index in [9.17, 15) is 9.59 Å². The molecule has 0 saturated carbocycles. The minimum atomic E-state index is -0.0700. The first-order chi connectivity index (χ1) is 12.6. The molecule has 7 nitrogen and oxygen atoms in total. The molecular weight excluding hydrogens is 330 g/mol. The Morgan fingerprint density at radius 3 is 2.73 bits per heavy atom. The number of hydrogen-bond donors (Lipinski definition) is 0. The molecule has 1 fully saturated rings. The number of likely N-dealkylation sites (tertiary alicyclic amines) is 1. The van der Waals surface area contributed by atoms with Gasteiger partial charge in [0.05, 0.1) is 17.6 Å². The summed E-state index contributed by atoms with van der Waals surface area (Å²) in [5.41, 5.74) is 3.16. The fraction of sp³-hybridized carbons (Fsp3) is 0.579. The molecule has 0 aromatic carbocycles. The van der Waals surface area contributed by atoms with Gasteiger partial charge in [-0.1, -0.05) is 0 Å². The van der Waals surface area contributed by atoms with Crippen molar-refractivity contribution in [2.75, 3.05) is 13.1 Å². The van der Waals surface area contributed by atoms with Gasteiger partial charge in [0.25, 0.3) is 11.1 Å². The highest BCUT2D eigenvalue weighted by Crippen LogP contribution is 2.21. The molecule has 0 amide bonds. The van der Waals surface area contributed by atoms with Crippen LogP contribution >= 0.6 is 0 Å². The predicted octanol–water partition coefficient (Wildman–Crippen LogP) is 0.738. The molecule has 1 saturated heterocycles.